The highest BCUT2D eigenvalue weighted by Gasteiger charge is 2.22. The van der Waals surface area contributed by atoms with Crippen molar-refractivity contribution in [3.8, 4) is 0 Å². The van der Waals surface area contributed by atoms with Gasteiger partial charge in [0.1, 0.15) is 0 Å². The maximum Gasteiger partial charge on any atom is 0.0105 e. The van der Waals surface area contributed by atoms with E-state index in [0.717, 1.165) is 13.0 Å². The second-order valence-electron chi connectivity index (χ2n) is 6.32. The molecule has 1 atom stereocenters. The van der Waals surface area contributed by atoms with Gasteiger partial charge in [-0.2, -0.15) is 0 Å². The molecule has 0 spiro atoms. The minimum absolute atomic E-state index is 0.365. The molecule has 1 aromatic carbocycles. The summed E-state index contributed by atoms with van der Waals surface area (Å²) in [5.74, 6) is 0.708. The predicted molar refractivity (Wildman–Crippen MR) is 80.8 cm³/mol. The summed E-state index contributed by atoms with van der Waals surface area (Å²) < 4.78 is 0. The predicted octanol–water partition coefficient (Wildman–Crippen LogP) is 4.28. The summed E-state index contributed by atoms with van der Waals surface area (Å²) in [5.41, 5.74) is 1.80. The molecule has 1 unspecified atom stereocenters. The lowest BCUT2D eigenvalue weighted by Crippen LogP contribution is -2.40. The van der Waals surface area contributed by atoms with Crippen LogP contribution in [0.5, 0.6) is 0 Å². The van der Waals surface area contributed by atoms with Crippen LogP contribution in [0.2, 0.25) is 0 Å². The van der Waals surface area contributed by atoms with Gasteiger partial charge in [-0.05, 0) is 29.7 Å². The van der Waals surface area contributed by atoms with Crippen LogP contribution < -0.4 is 5.32 Å². The van der Waals surface area contributed by atoms with Crippen molar-refractivity contribution in [2.75, 3.05) is 6.54 Å². The SMILES string of the molecule is CCC(Cc1ccccc1)NCC(C)(C)C(C)C. The van der Waals surface area contributed by atoms with Gasteiger partial charge in [-0.15, -0.1) is 0 Å². The Hall–Kier alpha value is -0.820. The van der Waals surface area contributed by atoms with Crippen LogP contribution in [0.1, 0.15) is 46.6 Å². The Balaban J connectivity index is 2.48. The zero-order valence-corrected chi connectivity index (χ0v) is 12.7. The number of hydrogen-bond donors (Lipinski definition) is 1. The molecule has 0 heterocycles. The van der Waals surface area contributed by atoms with Crippen molar-refractivity contribution in [3.63, 3.8) is 0 Å². The van der Waals surface area contributed by atoms with E-state index in [1.807, 2.05) is 0 Å². The summed E-state index contributed by atoms with van der Waals surface area (Å²) in [6, 6.07) is 11.4. The van der Waals surface area contributed by atoms with Crippen molar-refractivity contribution in [1.29, 1.82) is 0 Å². The molecule has 1 N–H and O–H groups in total. The van der Waals surface area contributed by atoms with Gasteiger partial charge in [-0.25, -0.2) is 0 Å². The van der Waals surface area contributed by atoms with Crippen LogP contribution in [0.25, 0.3) is 0 Å². The van der Waals surface area contributed by atoms with Crippen LogP contribution in [0.15, 0.2) is 30.3 Å². The first-order valence-corrected chi connectivity index (χ1v) is 7.23. The first-order valence-electron chi connectivity index (χ1n) is 7.23. The molecule has 0 bridgehead atoms. The molecule has 1 nitrogen and oxygen atoms in total. The molecule has 0 aliphatic heterocycles. The van der Waals surface area contributed by atoms with E-state index >= 15 is 0 Å². The van der Waals surface area contributed by atoms with Gasteiger partial charge in [0.05, 0.1) is 0 Å². The Labute approximate surface area is 113 Å². The number of hydrogen-bond acceptors (Lipinski definition) is 1. The van der Waals surface area contributed by atoms with Gasteiger partial charge < -0.3 is 5.32 Å². The van der Waals surface area contributed by atoms with E-state index in [2.05, 4.69) is 70.3 Å². The monoisotopic (exact) mass is 247 g/mol. The molecule has 1 heteroatoms. The highest BCUT2D eigenvalue weighted by atomic mass is 14.9. The molecule has 0 radical (unpaired) electrons. The van der Waals surface area contributed by atoms with Gasteiger partial charge in [0.15, 0.2) is 0 Å². The molecule has 1 rings (SSSR count). The van der Waals surface area contributed by atoms with Crippen molar-refractivity contribution < 1.29 is 0 Å². The molecule has 0 fully saturated rings. The Bertz CT molecular complexity index is 327. The lowest BCUT2D eigenvalue weighted by atomic mass is 9.81. The maximum atomic E-state index is 3.74. The Morgan fingerprint density at radius 1 is 1.11 bits per heavy atom. The van der Waals surface area contributed by atoms with E-state index in [9.17, 15) is 0 Å². The second kappa shape index (κ2) is 6.94. The lowest BCUT2D eigenvalue weighted by molar-refractivity contribution is 0.226. The van der Waals surface area contributed by atoms with Crippen molar-refractivity contribution >= 4 is 0 Å². The molecule has 0 aromatic heterocycles. The summed E-state index contributed by atoms with van der Waals surface area (Å²) in [7, 11) is 0. The molecular weight excluding hydrogens is 218 g/mol. The fraction of sp³-hybridized carbons (Fsp3) is 0.647. The molecule has 0 saturated carbocycles. The first-order chi connectivity index (χ1) is 8.45. The summed E-state index contributed by atoms with van der Waals surface area (Å²) in [5, 5.41) is 3.74. The Kier molecular flexibility index (Phi) is 5.87. The zero-order chi connectivity index (χ0) is 13.6. The first kappa shape index (κ1) is 15.2. The quantitative estimate of drug-likeness (QED) is 0.758. The molecule has 0 aliphatic rings. The number of nitrogens with one attached hydrogen (secondary N) is 1. The second-order valence-corrected chi connectivity index (χ2v) is 6.32. The highest BCUT2D eigenvalue weighted by Crippen LogP contribution is 2.25. The fourth-order valence-electron chi connectivity index (χ4n) is 1.87. The van der Waals surface area contributed by atoms with Crippen molar-refractivity contribution in [1.82, 2.24) is 5.32 Å². The molecule has 0 amide bonds. The van der Waals surface area contributed by atoms with Crippen LogP contribution in [-0.4, -0.2) is 12.6 Å². The van der Waals surface area contributed by atoms with Crippen molar-refractivity contribution in [3.05, 3.63) is 35.9 Å². The summed E-state index contributed by atoms with van der Waals surface area (Å²) in [4.78, 5) is 0. The molecule has 18 heavy (non-hydrogen) atoms. The van der Waals surface area contributed by atoms with Crippen LogP contribution in [0, 0.1) is 11.3 Å². The van der Waals surface area contributed by atoms with Gasteiger partial charge in [0, 0.05) is 12.6 Å². The van der Waals surface area contributed by atoms with Crippen LogP contribution in [-0.2, 0) is 6.42 Å². The lowest BCUT2D eigenvalue weighted by Gasteiger charge is -2.31. The van der Waals surface area contributed by atoms with Gasteiger partial charge >= 0.3 is 0 Å². The normalized spacial score (nSPS) is 13.9. The third-order valence-electron chi connectivity index (χ3n) is 4.23. The third kappa shape index (κ3) is 4.81. The van der Waals surface area contributed by atoms with E-state index in [1.54, 1.807) is 0 Å². The van der Waals surface area contributed by atoms with E-state index in [-0.39, 0.29) is 0 Å². The average Bonchev–Trinajstić information content (AvgIpc) is 2.35. The molecule has 102 valence electrons. The van der Waals surface area contributed by atoms with Gasteiger partial charge in [0.25, 0.3) is 0 Å². The summed E-state index contributed by atoms with van der Waals surface area (Å²) in [6.07, 6.45) is 2.31. The smallest absolute Gasteiger partial charge is 0.0105 e. The van der Waals surface area contributed by atoms with E-state index in [0.29, 0.717) is 17.4 Å². The zero-order valence-electron chi connectivity index (χ0n) is 12.7. The molecule has 0 saturated heterocycles. The minimum Gasteiger partial charge on any atom is -0.313 e. The van der Waals surface area contributed by atoms with Gasteiger partial charge in [0.2, 0.25) is 0 Å². The maximum absolute atomic E-state index is 3.74. The van der Waals surface area contributed by atoms with Crippen LogP contribution in [0.4, 0.5) is 0 Å². The number of benzene rings is 1. The Morgan fingerprint density at radius 3 is 2.22 bits per heavy atom. The van der Waals surface area contributed by atoms with Gasteiger partial charge in [-0.1, -0.05) is 65.0 Å². The summed E-state index contributed by atoms with van der Waals surface area (Å²) in [6.45, 7) is 12.7. The van der Waals surface area contributed by atoms with Crippen molar-refractivity contribution in [2.24, 2.45) is 11.3 Å². The largest absolute Gasteiger partial charge is 0.313 e. The minimum atomic E-state index is 0.365. The summed E-state index contributed by atoms with van der Waals surface area (Å²) >= 11 is 0. The Morgan fingerprint density at radius 2 is 1.72 bits per heavy atom. The number of rotatable bonds is 7. The average molecular weight is 247 g/mol. The van der Waals surface area contributed by atoms with Gasteiger partial charge in [-0.3, -0.25) is 0 Å². The third-order valence-corrected chi connectivity index (χ3v) is 4.23. The molecular formula is C17H29N. The van der Waals surface area contributed by atoms with Crippen molar-refractivity contribution in [2.45, 2.75) is 53.5 Å². The van der Waals surface area contributed by atoms with Crippen LogP contribution in [0.3, 0.4) is 0 Å². The van der Waals surface area contributed by atoms with E-state index < -0.39 is 0 Å². The fourth-order valence-corrected chi connectivity index (χ4v) is 1.87. The topological polar surface area (TPSA) is 12.0 Å². The van der Waals surface area contributed by atoms with Crippen LogP contribution >= 0.6 is 0 Å². The van der Waals surface area contributed by atoms with E-state index in [1.165, 1.54) is 12.0 Å². The molecule has 0 aliphatic carbocycles. The highest BCUT2D eigenvalue weighted by molar-refractivity contribution is 5.15. The van der Waals surface area contributed by atoms with E-state index in [4.69, 9.17) is 0 Å². The standard InChI is InChI=1S/C17H29N/c1-6-16(12-15-10-8-7-9-11-15)18-13-17(4,5)14(2)3/h7-11,14,16,18H,6,12-13H2,1-5H3. The molecule has 1 aromatic rings.